The van der Waals surface area contributed by atoms with E-state index in [4.69, 9.17) is 9.47 Å². The lowest BCUT2D eigenvalue weighted by molar-refractivity contribution is 0.160. The number of benzene rings is 1. The molecule has 1 aromatic rings. The van der Waals surface area contributed by atoms with Gasteiger partial charge in [0.05, 0.1) is 13.2 Å². The molecule has 20 heavy (non-hydrogen) atoms. The van der Waals surface area contributed by atoms with Crippen molar-refractivity contribution >= 4 is 0 Å². The molecule has 1 aliphatic rings. The summed E-state index contributed by atoms with van der Waals surface area (Å²) in [6.45, 7) is 3.88. The van der Waals surface area contributed by atoms with E-state index < -0.39 is 0 Å². The highest BCUT2D eigenvalue weighted by Crippen LogP contribution is 2.37. The molecule has 0 radical (unpaired) electrons. The lowest BCUT2D eigenvalue weighted by Gasteiger charge is -2.15. The number of allylic oxidation sites excluding steroid dienone is 2. The third kappa shape index (κ3) is 3.25. The number of phenolic OH excluding ortho intramolecular Hbond substituents is 1. The van der Waals surface area contributed by atoms with Crippen LogP contribution in [0.25, 0.3) is 0 Å². The molecule has 0 amide bonds. The van der Waals surface area contributed by atoms with Crippen LogP contribution in [0, 0.1) is 0 Å². The standard InChI is InChI=1S/C16H22O4/c1-4-12(17)6-7-13-11(9-15-10(2)20-15)5-8-14(19-3)16(13)18/h5,8,12,17-18H,4,6-7,9H2,1-3H3. The highest BCUT2D eigenvalue weighted by molar-refractivity contribution is 5.51. The second-order valence-corrected chi connectivity index (χ2v) is 5.11. The zero-order valence-electron chi connectivity index (χ0n) is 12.3. The minimum absolute atomic E-state index is 0.173. The number of aliphatic hydroxyl groups is 1. The SMILES string of the molecule is CCC(O)CCc1c(CC2=C(C)O2)ccc(OC)c1O. The third-order valence-electron chi connectivity index (χ3n) is 3.74. The molecule has 4 nitrogen and oxygen atoms in total. The second kappa shape index (κ2) is 6.18. The van der Waals surface area contributed by atoms with Crippen molar-refractivity contribution in [2.24, 2.45) is 0 Å². The van der Waals surface area contributed by atoms with Crippen molar-refractivity contribution in [1.29, 1.82) is 0 Å². The van der Waals surface area contributed by atoms with Gasteiger partial charge in [-0.05, 0) is 37.8 Å². The summed E-state index contributed by atoms with van der Waals surface area (Å²) in [7, 11) is 1.54. The summed E-state index contributed by atoms with van der Waals surface area (Å²) in [6.07, 6.45) is 2.31. The van der Waals surface area contributed by atoms with Crippen LogP contribution >= 0.6 is 0 Å². The molecular formula is C16H22O4. The zero-order chi connectivity index (χ0) is 14.7. The lowest BCUT2D eigenvalue weighted by Crippen LogP contribution is -2.07. The first-order chi connectivity index (χ1) is 9.56. The van der Waals surface area contributed by atoms with Crippen molar-refractivity contribution in [3.63, 3.8) is 0 Å². The maximum atomic E-state index is 10.3. The predicted molar refractivity (Wildman–Crippen MR) is 76.8 cm³/mol. The Labute approximate surface area is 119 Å². The Kier molecular flexibility index (Phi) is 4.55. The number of hydrogen-bond donors (Lipinski definition) is 2. The van der Waals surface area contributed by atoms with E-state index in [1.165, 1.54) is 7.11 Å². The summed E-state index contributed by atoms with van der Waals surface area (Å²) >= 11 is 0. The molecule has 1 aromatic carbocycles. The molecule has 4 heteroatoms. The number of phenols is 1. The van der Waals surface area contributed by atoms with E-state index in [1.54, 1.807) is 6.07 Å². The fourth-order valence-electron chi connectivity index (χ4n) is 2.27. The first kappa shape index (κ1) is 14.7. The third-order valence-corrected chi connectivity index (χ3v) is 3.74. The molecule has 1 unspecified atom stereocenters. The first-order valence-electron chi connectivity index (χ1n) is 7.00. The van der Waals surface area contributed by atoms with Crippen molar-refractivity contribution in [2.75, 3.05) is 7.11 Å². The summed E-state index contributed by atoms with van der Waals surface area (Å²) in [6, 6.07) is 3.72. The van der Waals surface area contributed by atoms with Crippen LogP contribution in [0.4, 0.5) is 0 Å². The van der Waals surface area contributed by atoms with Crippen LogP contribution in [0.5, 0.6) is 11.5 Å². The number of rotatable bonds is 7. The molecule has 0 aromatic heterocycles. The van der Waals surface area contributed by atoms with E-state index in [9.17, 15) is 10.2 Å². The Morgan fingerprint density at radius 3 is 2.60 bits per heavy atom. The molecule has 1 heterocycles. The van der Waals surface area contributed by atoms with Crippen LogP contribution in [0.2, 0.25) is 0 Å². The van der Waals surface area contributed by atoms with E-state index >= 15 is 0 Å². The normalized spacial score (nSPS) is 15.0. The zero-order valence-corrected chi connectivity index (χ0v) is 12.3. The lowest BCUT2D eigenvalue weighted by atomic mass is 9.96. The molecule has 0 aliphatic carbocycles. The van der Waals surface area contributed by atoms with E-state index in [0.717, 1.165) is 22.6 Å². The molecule has 2 rings (SSSR count). The maximum absolute atomic E-state index is 10.3. The Morgan fingerprint density at radius 2 is 2.05 bits per heavy atom. The molecule has 0 saturated carbocycles. The van der Waals surface area contributed by atoms with Gasteiger partial charge in [0, 0.05) is 12.0 Å². The minimum Gasteiger partial charge on any atom is -0.504 e. The number of hydrogen-bond acceptors (Lipinski definition) is 4. The Morgan fingerprint density at radius 1 is 1.35 bits per heavy atom. The summed E-state index contributed by atoms with van der Waals surface area (Å²) in [5, 5.41) is 20.0. The number of methoxy groups -OCH3 is 1. The van der Waals surface area contributed by atoms with Gasteiger partial charge in [0.1, 0.15) is 11.5 Å². The summed E-state index contributed by atoms with van der Waals surface area (Å²) in [4.78, 5) is 0. The van der Waals surface area contributed by atoms with E-state index in [0.29, 0.717) is 31.4 Å². The van der Waals surface area contributed by atoms with Gasteiger partial charge in [-0.1, -0.05) is 13.0 Å². The van der Waals surface area contributed by atoms with Gasteiger partial charge >= 0.3 is 0 Å². The van der Waals surface area contributed by atoms with Crippen LogP contribution in [0.3, 0.4) is 0 Å². The fraction of sp³-hybridized carbons (Fsp3) is 0.500. The molecule has 0 bridgehead atoms. The van der Waals surface area contributed by atoms with Crippen LogP contribution in [0.1, 0.15) is 37.8 Å². The maximum Gasteiger partial charge on any atom is 0.161 e. The smallest absolute Gasteiger partial charge is 0.161 e. The molecular weight excluding hydrogens is 256 g/mol. The van der Waals surface area contributed by atoms with Crippen molar-refractivity contribution < 1.29 is 19.7 Å². The van der Waals surface area contributed by atoms with Crippen LogP contribution in [-0.4, -0.2) is 23.4 Å². The monoisotopic (exact) mass is 278 g/mol. The van der Waals surface area contributed by atoms with Crippen molar-refractivity contribution in [2.45, 2.75) is 45.6 Å². The fourth-order valence-corrected chi connectivity index (χ4v) is 2.27. The van der Waals surface area contributed by atoms with Gasteiger partial charge in [0.2, 0.25) is 0 Å². The molecule has 2 N–H and O–H groups in total. The number of ether oxygens (including phenoxy) is 2. The highest BCUT2D eigenvalue weighted by Gasteiger charge is 2.23. The van der Waals surface area contributed by atoms with E-state index in [2.05, 4.69) is 0 Å². The Hall–Kier alpha value is -1.68. The Bertz CT molecular complexity index is 519. The van der Waals surface area contributed by atoms with Crippen molar-refractivity contribution in [1.82, 2.24) is 0 Å². The summed E-state index contributed by atoms with van der Waals surface area (Å²) in [5.74, 6) is 2.57. The van der Waals surface area contributed by atoms with Crippen molar-refractivity contribution in [3.8, 4) is 11.5 Å². The van der Waals surface area contributed by atoms with Crippen LogP contribution < -0.4 is 4.74 Å². The van der Waals surface area contributed by atoms with Crippen LogP contribution in [-0.2, 0) is 17.6 Å². The van der Waals surface area contributed by atoms with E-state index in [1.807, 2.05) is 19.9 Å². The first-order valence-corrected chi connectivity index (χ1v) is 7.00. The van der Waals surface area contributed by atoms with Gasteiger partial charge in [-0.15, -0.1) is 0 Å². The summed E-state index contributed by atoms with van der Waals surface area (Å²) in [5.41, 5.74) is 1.87. The molecule has 110 valence electrons. The van der Waals surface area contributed by atoms with Crippen molar-refractivity contribution in [3.05, 3.63) is 34.8 Å². The average molecular weight is 278 g/mol. The van der Waals surface area contributed by atoms with Gasteiger partial charge in [-0.3, -0.25) is 0 Å². The quantitative estimate of drug-likeness (QED) is 0.805. The molecule has 0 fully saturated rings. The summed E-state index contributed by atoms with van der Waals surface area (Å²) < 4.78 is 10.4. The largest absolute Gasteiger partial charge is 0.504 e. The second-order valence-electron chi connectivity index (χ2n) is 5.11. The van der Waals surface area contributed by atoms with E-state index in [-0.39, 0.29) is 11.9 Å². The van der Waals surface area contributed by atoms with Gasteiger partial charge in [0.15, 0.2) is 11.5 Å². The van der Waals surface area contributed by atoms with Gasteiger partial charge < -0.3 is 19.7 Å². The van der Waals surface area contributed by atoms with Gasteiger partial charge in [-0.25, -0.2) is 0 Å². The molecule has 0 saturated heterocycles. The molecule has 1 atom stereocenters. The van der Waals surface area contributed by atoms with Crippen LogP contribution in [0.15, 0.2) is 23.7 Å². The Balaban J connectivity index is 2.23. The highest BCUT2D eigenvalue weighted by atomic mass is 16.6. The predicted octanol–water partition coefficient (Wildman–Crippen LogP) is 2.91. The number of aromatic hydroxyl groups is 1. The van der Waals surface area contributed by atoms with Gasteiger partial charge in [-0.2, -0.15) is 0 Å². The molecule has 1 aliphatic heterocycles. The molecule has 0 spiro atoms. The average Bonchev–Trinajstić information content (AvgIpc) is 3.13. The minimum atomic E-state index is -0.341. The number of aliphatic hydroxyl groups excluding tert-OH is 1. The topological polar surface area (TPSA) is 62.2 Å². The van der Waals surface area contributed by atoms with Gasteiger partial charge in [0.25, 0.3) is 0 Å².